The Morgan fingerprint density at radius 2 is 2.17 bits per heavy atom. The zero-order chi connectivity index (χ0) is 20.9. The van der Waals surface area contributed by atoms with E-state index in [1.54, 1.807) is 6.07 Å². The van der Waals surface area contributed by atoms with Crippen LogP contribution in [-0.2, 0) is 4.74 Å². The lowest BCUT2D eigenvalue weighted by Crippen LogP contribution is -2.28. The van der Waals surface area contributed by atoms with Crippen LogP contribution in [0.3, 0.4) is 0 Å². The number of ether oxygens (including phenoxy) is 2. The van der Waals surface area contributed by atoms with Crippen molar-refractivity contribution in [2.24, 2.45) is 5.92 Å². The van der Waals surface area contributed by atoms with Crippen molar-refractivity contribution in [2.45, 2.75) is 19.8 Å². The average Bonchev–Trinajstić information content (AvgIpc) is 3.14. The zero-order valence-corrected chi connectivity index (χ0v) is 17.3. The fraction of sp³-hybridized carbons (Fsp3) is 0.400. The Morgan fingerprint density at radius 3 is 2.90 bits per heavy atom. The third-order valence-corrected chi connectivity index (χ3v) is 5.62. The summed E-state index contributed by atoms with van der Waals surface area (Å²) in [4.78, 5) is 25.3. The van der Waals surface area contributed by atoms with Crippen molar-refractivity contribution in [3.63, 3.8) is 0 Å². The third kappa shape index (κ3) is 4.82. The van der Waals surface area contributed by atoms with E-state index in [1.165, 1.54) is 23.6 Å². The van der Waals surface area contributed by atoms with Crippen LogP contribution in [-0.4, -0.2) is 47.3 Å². The minimum Gasteiger partial charge on any atom is -0.477 e. The van der Waals surface area contributed by atoms with Gasteiger partial charge in [-0.25, -0.2) is 19.7 Å². The second-order valence-corrected chi connectivity index (χ2v) is 7.88. The second kappa shape index (κ2) is 9.31. The van der Waals surface area contributed by atoms with E-state index in [2.05, 4.69) is 25.6 Å². The Labute approximate surface area is 176 Å². The number of urea groups is 1. The first-order valence-electron chi connectivity index (χ1n) is 9.81. The van der Waals surface area contributed by atoms with Gasteiger partial charge in [-0.1, -0.05) is 11.3 Å². The van der Waals surface area contributed by atoms with Crippen molar-refractivity contribution in [3.8, 4) is 17.0 Å². The molecule has 30 heavy (non-hydrogen) atoms. The lowest BCUT2D eigenvalue weighted by atomic mass is 10.0. The maximum absolute atomic E-state index is 13.3. The van der Waals surface area contributed by atoms with Gasteiger partial charge < -0.3 is 14.8 Å². The molecule has 0 saturated carbocycles. The standard InChI is InChI=1S/C20H22FN5O3S/c1-2-22-19(27)26-20-24-15-9-14(13-3-4-16(21)23-10-13)17(25-18(15)30-20)29-11-12-5-7-28-8-6-12/h3-4,9-10,12H,2,5-8,11H2,1H3,(H2,22,24,26,27). The number of anilines is 1. The van der Waals surface area contributed by atoms with Gasteiger partial charge in [-0.3, -0.25) is 5.32 Å². The molecule has 0 aromatic carbocycles. The van der Waals surface area contributed by atoms with Gasteiger partial charge in [0.05, 0.1) is 6.61 Å². The topological polar surface area (TPSA) is 98.3 Å². The number of fused-ring (bicyclic) bond motifs is 1. The monoisotopic (exact) mass is 431 g/mol. The molecule has 1 fully saturated rings. The van der Waals surface area contributed by atoms with Crippen LogP contribution >= 0.6 is 11.3 Å². The van der Waals surface area contributed by atoms with E-state index in [0.717, 1.165) is 26.1 Å². The third-order valence-electron chi connectivity index (χ3n) is 4.74. The molecular formula is C20H22FN5O3S. The Hall–Kier alpha value is -2.85. The predicted octanol–water partition coefficient (Wildman–Crippen LogP) is 3.84. The number of hydrogen-bond donors (Lipinski definition) is 2. The molecule has 3 aromatic rings. The summed E-state index contributed by atoms with van der Waals surface area (Å²) >= 11 is 1.26. The molecule has 4 rings (SSSR count). The van der Waals surface area contributed by atoms with E-state index in [9.17, 15) is 9.18 Å². The Balaban J connectivity index is 1.65. The fourth-order valence-electron chi connectivity index (χ4n) is 3.17. The highest BCUT2D eigenvalue weighted by Gasteiger charge is 2.19. The summed E-state index contributed by atoms with van der Waals surface area (Å²) in [5, 5.41) is 5.81. The molecule has 8 nitrogen and oxygen atoms in total. The van der Waals surface area contributed by atoms with Crippen LogP contribution in [0.5, 0.6) is 5.88 Å². The van der Waals surface area contributed by atoms with Crippen LogP contribution in [0.4, 0.5) is 14.3 Å². The van der Waals surface area contributed by atoms with E-state index < -0.39 is 5.95 Å². The van der Waals surface area contributed by atoms with Crippen LogP contribution in [0, 0.1) is 11.9 Å². The van der Waals surface area contributed by atoms with Gasteiger partial charge in [0.25, 0.3) is 0 Å². The lowest BCUT2D eigenvalue weighted by Gasteiger charge is -2.22. The van der Waals surface area contributed by atoms with Crippen LogP contribution in [0.15, 0.2) is 24.4 Å². The highest BCUT2D eigenvalue weighted by atomic mass is 32.1. The number of carbonyl (C=O) groups excluding carboxylic acids is 1. The molecule has 10 heteroatoms. The van der Waals surface area contributed by atoms with Crippen molar-refractivity contribution < 1.29 is 18.7 Å². The molecule has 158 valence electrons. The first kappa shape index (κ1) is 20.4. The van der Waals surface area contributed by atoms with Crippen LogP contribution in [0.2, 0.25) is 0 Å². The van der Waals surface area contributed by atoms with Gasteiger partial charge >= 0.3 is 6.03 Å². The normalized spacial score (nSPS) is 14.6. The van der Waals surface area contributed by atoms with Crippen molar-refractivity contribution in [2.75, 3.05) is 31.7 Å². The second-order valence-electron chi connectivity index (χ2n) is 6.91. The lowest BCUT2D eigenvalue weighted by molar-refractivity contribution is 0.0492. The van der Waals surface area contributed by atoms with Crippen LogP contribution in [0.25, 0.3) is 21.5 Å². The summed E-state index contributed by atoms with van der Waals surface area (Å²) in [6, 6.07) is 4.43. The summed E-state index contributed by atoms with van der Waals surface area (Å²) in [6.45, 7) is 4.34. The van der Waals surface area contributed by atoms with Crippen LogP contribution < -0.4 is 15.4 Å². The number of amides is 2. The maximum Gasteiger partial charge on any atom is 0.321 e. The summed E-state index contributed by atoms with van der Waals surface area (Å²) < 4.78 is 24.8. The molecule has 0 bridgehead atoms. The molecule has 0 aliphatic carbocycles. The molecule has 3 aromatic heterocycles. The fourth-order valence-corrected chi connectivity index (χ4v) is 3.97. The summed E-state index contributed by atoms with van der Waals surface area (Å²) in [6.07, 6.45) is 3.33. The molecule has 0 radical (unpaired) electrons. The average molecular weight is 431 g/mol. The van der Waals surface area contributed by atoms with Crippen molar-refractivity contribution >= 4 is 32.8 Å². The first-order valence-corrected chi connectivity index (χ1v) is 10.6. The van der Waals surface area contributed by atoms with E-state index in [-0.39, 0.29) is 6.03 Å². The number of rotatable bonds is 6. The van der Waals surface area contributed by atoms with Gasteiger partial charge in [0.2, 0.25) is 11.8 Å². The molecule has 2 N–H and O–H groups in total. The molecule has 1 aliphatic heterocycles. The van der Waals surface area contributed by atoms with Gasteiger partial charge in [-0.05, 0) is 43.9 Å². The molecule has 0 unspecified atom stereocenters. The van der Waals surface area contributed by atoms with E-state index in [1.807, 2.05) is 13.0 Å². The maximum atomic E-state index is 13.3. The van der Waals surface area contributed by atoms with E-state index >= 15 is 0 Å². The smallest absolute Gasteiger partial charge is 0.321 e. The predicted molar refractivity (Wildman–Crippen MR) is 112 cm³/mol. The molecule has 1 saturated heterocycles. The van der Waals surface area contributed by atoms with Crippen LogP contribution in [0.1, 0.15) is 19.8 Å². The number of aromatic nitrogens is 3. The molecule has 2 amide bonds. The molecular weight excluding hydrogens is 409 g/mol. The zero-order valence-electron chi connectivity index (χ0n) is 16.5. The molecule has 1 aliphatic rings. The minimum atomic E-state index is -0.556. The molecule has 0 spiro atoms. The number of thiazole rings is 1. The van der Waals surface area contributed by atoms with Gasteiger partial charge in [-0.2, -0.15) is 4.39 Å². The Bertz CT molecular complexity index is 1020. The Kier molecular flexibility index (Phi) is 6.34. The van der Waals surface area contributed by atoms with Gasteiger partial charge in [-0.15, -0.1) is 0 Å². The number of halogens is 1. The Morgan fingerprint density at radius 1 is 1.33 bits per heavy atom. The highest BCUT2D eigenvalue weighted by Crippen LogP contribution is 2.35. The number of nitrogens with one attached hydrogen (secondary N) is 2. The van der Waals surface area contributed by atoms with Gasteiger partial charge in [0.1, 0.15) is 10.3 Å². The van der Waals surface area contributed by atoms with Crippen molar-refractivity contribution in [3.05, 3.63) is 30.3 Å². The molecule has 4 heterocycles. The largest absolute Gasteiger partial charge is 0.477 e. The van der Waals surface area contributed by atoms with E-state index in [4.69, 9.17) is 9.47 Å². The summed E-state index contributed by atoms with van der Waals surface area (Å²) in [7, 11) is 0. The summed E-state index contributed by atoms with van der Waals surface area (Å²) in [5.74, 6) is 0.280. The SMILES string of the molecule is CCNC(=O)Nc1nc2cc(-c3ccc(F)nc3)c(OCC3CCOCC3)nc2s1. The first-order chi connectivity index (χ1) is 14.6. The van der Waals surface area contributed by atoms with Crippen molar-refractivity contribution in [1.29, 1.82) is 0 Å². The number of carbonyl (C=O) groups is 1. The minimum absolute atomic E-state index is 0.324. The highest BCUT2D eigenvalue weighted by molar-refractivity contribution is 7.22. The van der Waals surface area contributed by atoms with Gasteiger partial charge in [0.15, 0.2) is 5.13 Å². The number of pyridine rings is 2. The van der Waals surface area contributed by atoms with E-state index in [0.29, 0.717) is 51.6 Å². The number of nitrogens with zero attached hydrogens (tertiary/aromatic N) is 3. The van der Waals surface area contributed by atoms with Crippen molar-refractivity contribution in [1.82, 2.24) is 20.3 Å². The van der Waals surface area contributed by atoms with Gasteiger partial charge in [0, 0.05) is 37.1 Å². The number of hydrogen-bond acceptors (Lipinski definition) is 7. The summed E-state index contributed by atoms with van der Waals surface area (Å²) in [5.41, 5.74) is 1.97. The molecule has 0 atom stereocenters. The quantitative estimate of drug-likeness (QED) is 0.576.